The number of ether oxygens (including phenoxy) is 1. The Labute approximate surface area is 198 Å². The molecule has 7 atom stereocenters. The van der Waals surface area contributed by atoms with Crippen LogP contribution in [0, 0.1) is 34.5 Å². The quantitative estimate of drug-likeness (QED) is 0.308. The van der Waals surface area contributed by atoms with Gasteiger partial charge in [0.2, 0.25) is 5.79 Å². The van der Waals surface area contributed by atoms with Crippen molar-refractivity contribution < 1.29 is 24.2 Å². The Hall–Kier alpha value is -1.49. The molecule has 0 aliphatic heterocycles. The summed E-state index contributed by atoms with van der Waals surface area (Å²) in [5, 5.41) is 11.9. The third-order valence-corrected chi connectivity index (χ3v) is 10.2. The lowest BCUT2D eigenvalue weighted by molar-refractivity contribution is -0.276. The van der Waals surface area contributed by atoms with Gasteiger partial charge in [-0.1, -0.05) is 38.7 Å². The van der Waals surface area contributed by atoms with Crippen molar-refractivity contribution in [1.82, 2.24) is 0 Å². The van der Waals surface area contributed by atoms with Crippen LogP contribution in [0.3, 0.4) is 0 Å². The molecule has 1 unspecified atom stereocenters. The molecule has 3 saturated carbocycles. The first-order chi connectivity index (χ1) is 15.6. The van der Waals surface area contributed by atoms with Gasteiger partial charge in [-0.2, -0.15) is 0 Å². The molecule has 33 heavy (non-hydrogen) atoms. The molecule has 0 aromatic carbocycles. The van der Waals surface area contributed by atoms with Crippen LogP contribution in [-0.2, 0) is 19.1 Å². The van der Waals surface area contributed by atoms with E-state index in [0.717, 1.165) is 69.8 Å². The van der Waals surface area contributed by atoms with Gasteiger partial charge in [0.1, 0.15) is 5.78 Å². The molecule has 0 aromatic rings. The topological polar surface area (TPSA) is 80.7 Å². The Morgan fingerprint density at radius 2 is 1.85 bits per heavy atom. The molecular weight excluding hydrogens is 416 g/mol. The summed E-state index contributed by atoms with van der Waals surface area (Å²) in [6.45, 7) is 8.19. The fourth-order valence-electron chi connectivity index (χ4n) is 8.40. The number of unbranched alkanes of at least 4 members (excludes halogenated alkanes) is 3. The highest BCUT2D eigenvalue weighted by Crippen LogP contribution is 2.68. The number of fused-ring (bicyclic) bond motifs is 5. The van der Waals surface area contributed by atoms with Crippen molar-refractivity contribution in [2.75, 3.05) is 0 Å². The molecule has 4 aliphatic rings. The van der Waals surface area contributed by atoms with Gasteiger partial charge < -0.3 is 9.84 Å². The maximum absolute atomic E-state index is 12.8. The van der Waals surface area contributed by atoms with E-state index >= 15 is 0 Å². The van der Waals surface area contributed by atoms with Crippen LogP contribution in [0.15, 0.2) is 11.6 Å². The van der Waals surface area contributed by atoms with Gasteiger partial charge in [0.05, 0.1) is 11.8 Å². The van der Waals surface area contributed by atoms with E-state index in [1.165, 1.54) is 0 Å². The molecule has 5 nitrogen and oxygen atoms in total. The van der Waals surface area contributed by atoms with Crippen LogP contribution in [0.2, 0.25) is 0 Å². The number of carbonyl (C=O) groups excluding carboxylic acids is 3. The number of hydrogen-bond acceptors (Lipinski definition) is 5. The summed E-state index contributed by atoms with van der Waals surface area (Å²) in [4.78, 5) is 37.8. The summed E-state index contributed by atoms with van der Waals surface area (Å²) in [7, 11) is 0. The van der Waals surface area contributed by atoms with Crippen molar-refractivity contribution in [3.63, 3.8) is 0 Å². The van der Waals surface area contributed by atoms with Crippen molar-refractivity contribution in [3.8, 4) is 0 Å². The Bertz CT molecular complexity index is 845. The first-order valence-electron chi connectivity index (χ1n) is 13.3. The maximum atomic E-state index is 12.8. The van der Waals surface area contributed by atoms with Gasteiger partial charge in [-0.15, -0.1) is 0 Å². The summed E-state index contributed by atoms with van der Waals surface area (Å²) in [5.74, 6) is -0.949. The van der Waals surface area contributed by atoms with Crippen LogP contribution in [0.5, 0.6) is 0 Å². The van der Waals surface area contributed by atoms with E-state index in [9.17, 15) is 19.5 Å². The molecule has 0 aromatic heterocycles. The largest absolute Gasteiger partial charge is 0.432 e. The van der Waals surface area contributed by atoms with Crippen molar-refractivity contribution in [1.29, 1.82) is 0 Å². The van der Waals surface area contributed by atoms with Crippen molar-refractivity contribution in [2.24, 2.45) is 34.5 Å². The van der Waals surface area contributed by atoms with Crippen LogP contribution >= 0.6 is 0 Å². The molecule has 1 N–H and O–H groups in total. The third kappa shape index (κ3) is 3.92. The molecule has 0 radical (unpaired) electrons. The molecule has 0 saturated heterocycles. The normalized spacial score (nSPS) is 42.1. The van der Waals surface area contributed by atoms with Crippen molar-refractivity contribution >= 4 is 17.5 Å². The van der Waals surface area contributed by atoms with Gasteiger partial charge >= 0.3 is 5.97 Å². The summed E-state index contributed by atoms with van der Waals surface area (Å²) < 4.78 is 5.85. The van der Waals surface area contributed by atoms with Crippen molar-refractivity contribution in [3.05, 3.63) is 11.6 Å². The number of esters is 1. The van der Waals surface area contributed by atoms with E-state index in [1.54, 1.807) is 13.0 Å². The molecule has 0 heterocycles. The molecule has 4 aliphatic carbocycles. The standard InChI is InChI=1S/C28H42O5/c1-5-6-7-8-9-25(31)33-28(32)17-20(30)16-19-10-11-21-23-13-12-22(18(2)29)26(23,3)15-14-24(21)27(19,28)4/h16,21-24,32H,5-15,17H2,1-4H3/t21-,22+,23-,24-,26+,27-,28?/m0/s1. The predicted molar refractivity (Wildman–Crippen MR) is 126 cm³/mol. The molecular formula is C28H42O5. The molecule has 0 bridgehead atoms. The molecule has 4 rings (SSSR count). The Balaban J connectivity index is 1.61. The van der Waals surface area contributed by atoms with Crippen LogP contribution < -0.4 is 0 Å². The number of ketones is 2. The number of aliphatic hydroxyl groups is 1. The van der Waals surface area contributed by atoms with Gasteiger partial charge in [-0.25, -0.2) is 0 Å². The van der Waals surface area contributed by atoms with Crippen LogP contribution in [0.4, 0.5) is 0 Å². The van der Waals surface area contributed by atoms with E-state index in [4.69, 9.17) is 4.74 Å². The predicted octanol–water partition coefficient (Wildman–Crippen LogP) is 5.54. The second-order valence-electron chi connectivity index (χ2n) is 11.8. The number of rotatable bonds is 7. The molecule has 5 heteroatoms. The van der Waals surface area contributed by atoms with Gasteiger partial charge in [0.25, 0.3) is 0 Å². The second-order valence-corrected chi connectivity index (χ2v) is 11.8. The zero-order valence-electron chi connectivity index (χ0n) is 21.0. The minimum absolute atomic E-state index is 0.0170. The highest BCUT2D eigenvalue weighted by Gasteiger charge is 2.66. The first-order valence-corrected chi connectivity index (χ1v) is 13.3. The lowest BCUT2D eigenvalue weighted by Gasteiger charge is -2.61. The van der Waals surface area contributed by atoms with E-state index < -0.39 is 17.2 Å². The zero-order chi connectivity index (χ0) is 24.0. The van der Waals surface area contributed by atoms with Crippen LogP contribution in [0.1, 0.15) is 105 Å². The van der Waals surface area contributed by atoms with E-state index in [2.05, 4.69) is 13.8 Å². The minimum Gasteiger partial charge on any atom is -0.432 e. The van der Waals surface area contributed by atoms with Crippen LogP contribution in [-0.4, -0.2) is 28.4 Å². The number of hydrogen-bond donors (Lipinski definition) is 1. The minimum atomic E-state index is -1.79. The summed E-state index contributed by atoms with van der Waals surface area (Å²) in [6, 6.07) is 0. The Kier molecular flexibility index (Phi) is 6.67. The highest BCUT2D eigenvalue weighted by molar-refractivity contribution is 5.93. The third-order valence-electron chi connectivity index (χ3n) is 10.2. The molecule has 184 valence electrons. The average molecular weight is 459 g/mol. The average Bonchev–Trinajstić information content (AvgIpc) is 3.10. The van der Waals surface area contributed by atoms with E-state index in [1.807, 2.05) is 6.92 Å². The zero-order valence-corrected chi connectivity index (χ0v) is 21.0. The van der Waals surface area contributed by atoms with Gasteiger partial charge in [-0.05, 0) is 88.0 Å². The second kappa shape index (κ2) is 8.94. The van der Waals surface area contributed by atoms with Crippen LogP contribution in [0.25, 0.3) is 0 Å². The van der Waals surface area contributed by atoms with E-state index in [0.29, 0.717) is 17.6 Å². The monoisotopic (exact) mass is 458 g/mol. The number of carbonyl (C=O) groups is 3. The molecule has 3 fully saturated rings. The summed E-state index contributed by atoms with van der Waals surface area (Å²) >= 11 is 0. The fraction of sp³-hybridized carbons (Fsp3) is 0.821. The number of Topliss-reactive ketones (excluding diaryl/α,β-unsaturated/α-hetero) is 1. The smallest absolute Gasteiger partial charge is 0.308 e. The highest BCUT2D eigenvalue weighted by atomic mass is 16.7. The van der Waals surface area contributed by atoms with Gasteiger partial charge in [-0.3, -0.25) is 14.4 Å². The maximum Gasteiger partial charge on any atom is 0.308 e. The lowest BCUT2D eigenvalue weighted by Crippen LogP contribution is -2.62. The van der Waals surface area contributed by atoms with Gasteiger partial charge in [0.15, 0.2) is 5.78 Å². The van der Waals surface area contributed by atoms with Crippen molar-refractivity contribution in [2.45, 2.75) is 111 Å². The summed E-state index contributed by atoms with van der Waals surface area (Å²) in [5.41, 5.74) is 0.216. The SMILES string of the molecule is CCCCCCC(=O)OC1(O)CC(=O)C=C2CC[C@H]3[C@@H]4CC[C@H](C(C)=O)[C@@]4(C)CC[C@@H]3[C@]21C. The Morgan fingerprint density at radius 3 is 2.55 bits per heavy atom. The fourth-order valence-corrected chi connectivity index (χ4v) is 8.40. The molecule has 0 amide bonds. The van der Waals surface area contributed by atoms with E-state index in [-0.39, 0.29) is 35.9 Å². The Morgan fingerprint density at radius 1 is 1.09 bits per heavy atom. The first kappa shape index (κ1) is 24.6. The lowest BCUT2D eigenvalue weighted by atomic mass is 9.45. The van der Waals surface area contributed by atoms with Gasteiger partial charge in [0, 0.05) is 12.3 Å². The summed E-state index contributed by atoms with van der Waals surface area (Å²) in [6.07, 6.45) is 11.3. The molecule has 0 spiro atoms.